The van der Waals surface area contributed by atoms with Gasteiger partial charge in [-0.3, -0.25) is 9.59 Å². The summed E-state index contributed by atoms with van der Waals surface area (Å²) in [6.07, 6.45) is 5.35. The molecule has 0 atom stereocenters. The second-order valence-corrected chi connectivity index (χ2v) is 4.53. The molecule has 104 valence electrons. The molecule has 3 aromatic rings. The summed E-state index contributed by atoms with van der Waals surface area (Å²) in [5, 5.41) is 2.72. The van der Waals surface area contributed by atoms with E-state index < -0.39 is 0 Å². The predicted molar refractivity (Wildman–Crippen MR) is 80.8 cm³/mol. The molecule has 3 rings (SSSR count). The summed E-state index contributed by atoms with van der Waals surface area (Å²) in [5.74, 6) is -0.221. The molecule has 0 unspecified atom stereocenters. The second kappa shape index (κ2) is 5.50. The molecule has 0 aliphatic heterocycles. The van der Waals surface area contributed by atoms with Gasteiger partial charge in [0.15, 0.2) is 0 Å². The lowest BCUT2D eigenvalue weighted by Crippen LogP contribution is -2.13. The smallest absolute Gasteiger partial charge is 0.255 e. The number of aromatic nitrogens is 2. The van der Waals surface area contributed by atoms with Crippen LogP contribution in [0, 0.1) is 0 Å². The molecule has 0 radical (unpaired) electrons. The van der Waals surface area contributed by atoms with Gasteiger partial charge in [0.1, 0.15) is 0 Å². The van der Waals surface area contributed by atoms with Gasteiger partial charge in [0.25, 0.3) is 5.91 Å². The maximum atomic E-state index is 12.1. The number of rotatable bonds is 3. The number of benzene rings is 1. The minimum atomic E-state index is -0.221. The maximum Gasteiger partial charge on any atom is 0.255 e. The van der Waals surface area contributed by atoms with Crippen LogP contribution in [0.2, 0.25) is 0 Å². The molecule has 0 saturated carbocycles. The van der Waals surface area contributed by atoms with Crippen LogP contribution in [0.25, 0.3) is 5.69 Å². The quantitative estimate of drug-likeness (QED) is 0.773. The van der Waals surface area contributed by atoms with Crippen LogP contribution in [-0.4, -0.2) is 15.5 Å². The Labute approximate surface area is 120 Å². The standard InChI is InChI=1S/C16H13N3O2/c20-15-8-5-13(11-17-15)18-16(21)12-3-6-14(7-4-12)19-9-1-2-10-19/h1-11H,(H,17,20)(H,18,21). The van der Waals surface area contributed by atoms with E-state index in [1.54, 1.807) is 18.2 Å². The highest BCUT2D eigenvalue weighted by molar-refractivity contribution is 6.04. The van der Waals surface area contributed by atoms with Gasteiger partial charge in [-0.15, -0.1) is 0 Å². The number of carbonyl (C=O) groups excluding carboxylic acids is 1. The van der Waals surface area contributed by atoms with Crippen molar-refractivity contribution in [2.45, 2.75) is 0 Å². The fourth-order valence-electron chi connectivity index (χ4n) is 1.98. The van der Waals surface area contributed by atoms with Gasteiger partial charge < -0.3 is 14.9 Å². The summed E-state index contributed by atoms with van der Waals surface area (Å²) < 4.78 is 1.96. The summed E-state index contributed by atoms with van der Waals surface area (Å²) in [6.45, 7) is 0. The highest BCUT2D eigenvalue weighted by Crippen LogP contribution is 2.11. The summed E-state index contributed by atoms with van der Waals surface area (Å²) >= 11 is 0. The molecule has 21 heavy (non-hydrogen) atoms. The van der Waals surface area contributed by atoms with Crippen molar-refractivity contribution in [3.8, 4) is 5.69 Å². The zero-order chi connectivity index (χ0) is 14.7. The van der Waals surface area contributed by atoms with E-state index in [-0.39, 0.29) is 11.5 Å². The number of anilines is 1. The van der Waals surface area contributed by atoms with Gasteiger partial charge in [-0.05, 0) is 42.5 Å². The average molecular weight is 279 g/mol. The van der Waals surface area contributed by atoms with Crippen molar-refractivity contribution in [3.05, 3.63) is 83.0 Å². The zero-order valence-electron chi connectivity index (χ0n) is 11.1. The van der Waals surface area contributed by atoms with Gasteiger partial charge in [-0.1, -0.05) is 0 Å². The first-order valence-electron chi connectivity index (χ1n) is 6.46. The van der Waals surface area contributed by atoms with E-state index in [9.17, 15) is 9.59 Å². The fourth-order valence-corrected chi connectivity index (χ4v) is 1.98. The Balaban J connectivity index is 1.76. The monoisotopic (exact) mass is 279 g/mol. The summed E-state index contributed by atoms with van der Waals surface area (Å²) in [7, 11) is 0. The van der Waals surface area contributed by atoms with Gasteiger partial charge in [0, 0.05) is 35.9 Å². The van der Waals surface area contributed by atoms with Crippen LogP contribution in [0.4, 0.5) is 5.69 Å². The Morgan fingerprint density at radius 3 is 2.33 bits per heavy atom. The molecule has 0 aliphatic carbocycles. The van der Waals surface area contributed by atoms with Crippen LogP contribution in [0.15, 0.2) is 71.9 Å². The first-order valence-corrected chi connectivity index (χ1v) is 6.46. The highest BCUT2D eigenvalue weighted by atomic mass is 16.1. The molecular weight excluding hydrogens is 266 g/mol. The van der Waals surface area contributed by atoms with Gasteiger partial charge in [0.2, 0.25) is 5.56 Å². The Bertz CT molecular complexity index is 782. The summed E-state index contributed by atoms with van der Waals surface area (Å²) in [4.78, 5) is 25.6. The van der Waals surface area contributed by atoms with Gasteiger partial charge >= 0.3 is 0 Å². The molecule has 0 fully saturated rings. The van der Waals surface area contributed by atoms with E-state index in [0.29, 0.717) is 11.3 Å². The van der Waals surface area contributed by atoms with Crippen LogP contribution >= 0.6 is 0 Å². The zero-order valence-corrected chi connectivity index (χ0v) is 11.1. The fraction of sp³-hybridized carbons (Fsp3) is 0. The van der Waals surface area contributed by atoms with Crippen molar-refractivity contribution in [2.75, 3.05) is 5.32 Å². The number of carbonyl (C=O) groups is 1. The van der Waals surface area contributed by atoms with Gasteiger partial charge in [-0.2, -0.15) is 0 Å². The first kappa shape index (κ1) is 12.9. The van der Waals surface area contributed by atoms with E-state index in [1.807, 2.05) is 41.2 Å². The van der Waals surface area contributed by atoms with E-state index in [1.165, 1.54) is 12.3 Å². The largest absolute Gasteiger partial charge is 0.327 e. The number of nitrogens with zero attached hydrogens (tertiary/aromatic N) is 1. The number of pyridine rings is 1. The normalized spacial score (nSPS) is 10.3. The van der Waals surface area contributed by atoms with E-state index in [4.69, 9.17) is 0 Å². The second-order valence-electron chi connectivity index (χ2n) is 4.53. The Morgan fingerprint density at radius 2 is 1.71 bits per heavy atom. The first-order chi connectivity index (χ1) is 10.2. The summed E-state index contributed by atoms with van der Waals surface area (Å²) in [6, 6.07) is 14.1. The molecule has 0 saturated heterocycles. The SMILES string of the molecule is O=C(Nc1ccc(=O)[nH]c1)c1ccc(-n2cccc2)cc1. The molecule has 2 aromatic heterocycles. The molecule has 1 amide bonds. The molecule has 1 aromatic carbocycles. The molecule has 0 spiro atoms. The molecule has 2 heterocycles. The van der Waals surface area contributed by atoms with E-state index >= 15 is 0 Å². The van der Waals surface area contributed by atoms with Gasteiger partial charge in [0.05, 0.1) is 5.69 Å². The van der Waals surface area contributed by atoms with Crippen LogP contribution in [0.3, 0.4) is 0 Å². The highest BCUT2D eigenvalue weighted by Gasteiger charge is 2.06. The van der Waals surface area contributed by atoms with Crippen molar-refractivity contribution in [1.29, 1.82) is 0 Å². The molecule has 5 heteroatoms. The van der Waals surface area contributed by atoms with Crippen molar-refractivity contribution < 1.29 is 4.79 Å². The number of H-pyrrole nitrogens is 1. The molecule has 2 N–H and O–H groups in total. The Kier molecular flexibility index (Phi) is 3.39. The van der Waals surface area contributed by atoms with Crippen LogP contribution < -0.4 is 10.9 Å². The van der Waals surface area contributed by atoms with Crippen molar-refractivity contribution in [2.24, 2.45) is 0 Å². The van der Waals surface area contributed by atoms with Gasteiger partial charge in [-0.25, -0.2) is 0 Å². The number of amides is 1. The van der Waals surface area contributed by atoms with Crippen molar-refractivity contribution in [3.63, 3.8) is 0 Å². The minimum Gasteiger partial charge on any atom is -0.327 e. The van der Waals surface area contributed by atoms with Crippen LogP contribution in [0.5, 0.6) is 0 Å². The lowest BCUT2D eigenvalue weighted by atomic mass is 10.2. The average Bonchev–Trinajstić information content (AvgIpc) is 3.04. The van der Waals surface area contributed by atoms with Crippen LogP contribution in [0.1, 0.15) is 10.4 Å². The number of hydrogen-bond acceptors (Lipinski definition) is 2. The van der Waals surface area contributed by atoms with Crippen molar-refractivity contribution >= 4 is 11.6 Å². The maximum absolute atomic E-state index is 12.1. The third kappa shape index (κ3) is 2.92. The topological polar surface area (TPSA) is 66.9 Å². The predicted octanol–water partition coefficient (Wildman–Crippen LogP) is 2.42. The molecule has 5 nitrogen and oxygen atoms in total. The van der Waals surface area contributed by atoms with E-state index in [0.717, 1.165) is 5.69 Å². The Morgan fingerprint density at radius 1 is 1.00 bits per heavy atom. The van der Waals surface area contributed by atoms with E-state index in [2.05, 4.69) is 10.3 Å². The lowest BCUT2D eigenvalue weighted by Gasteiger charge is -2.06. The molecule has 0 bridgehead atoms. The lowest BCUT2D eigenvalue weighted by molar-refractivity contribution is 0.102. The van der Waals surface area contributed by atoms with Crippen molar-refractivity contribution in [1.82, 2.24) is 9.55 Å². The molecular formula is C16H13N3O2. The third-order valence-corrected chi connectivity index (χ3v) is 3.07. The van der Waals surface area contributed by atoms with Crippen LogP contribution in [-0.2, 0) is 0 Å². The third-order valence-electron chi connectivity index (χ3n) is 3.07. The summed E-state index contributed by atoms with van der Waals surface area (Å²) in [5.41, 5.74) is 1.89. The number of hydrogen-bond donors (Lipinski definition) is 2. The minimum absolute atomic E-state index is 0.205. The number of aromatic amines is 1. The molecule has 0 aliphatic rings. The Hall–Kier alpha value is -3.08. The number of nitrogens with one attached hydrogen (secondary N) is 2.